The van der Waals surface area contributed by atoms with Crippen LogP contribution in [0.25, 0.3) is 0 Å². The minimum atomic E-state index is -4.17. The Hall–Kier alpha value is -3.65. The number of hydrogen-bond donors (Lipinski definition) is 4. The van der Waals surface area contributed by atoms with E-state index in [0.717, 1.165) is 18.2 Å². The number of ether oxygens (including phenoxy) is 1. The summed E-state index contributed by atoms with van der Waals surface area (Å²) in [6.45, 7) is 3.52. The van der Waals surface area contributed by atoms with Crippen molar-refractivity contribution in [1.29, 1.82) is 0 Å². The number of hydrogen-bond acceptors (Lipinski definition) is 8. The fourth-order valence-corrected chi connectivity index (χ4v) is 4.76. The summed E-state index contributed by atoms with van der Waals surface area (Å²) in [5.74, 6) is -0.829. The molecular weight excluding hydrogens is 512 g/mol. The molecule has 2 aromatic carbocycles. The topological polar surface area (TPSA) is 177 Å². The fourth-order valence-electron chi connectivity index (χ4n) is 2.92. The summed E-state index contributed by atoms with van der Waals surface area (Å²) in [6.07, 6.45) is 0.0957. The smallest absolute Gasteiger partial charge is 0.329 e. The maximum absolute atomic E-state index is 12.4. The largest absolute Gasteiger partial charge is 0.467 e. The molecule has 4 N–H and O–H groups in total. The highest BCUT2D eigenvalue weighted by Crippen LogP contribution is 2.11. The second-order valence-corrected chi connectivity index (χ2v) is 11.1. The first-order chi connectivity index (χ1) is 16.8. The van der Waals surface area contributed by atoms with Gasteiger partial charge in [-0.1, -0.05) is 35.4 Å². The van der Waals surface area contributed by atoms with Crippen LogP contribution in [0.1, 0.15) is 24.0 Å². The molecule has 0 aromatic heterocycles. The molecule has 1 atom stereocenters. The van der Waals surface area contributed by atoms with Crippen LogP contribution in [0.5, 0.6) is 0 Å². The van der Waals surface area contributed by atoms with Crippen LogP contribution >= 0.6 is 0 Å². The van der Waals surface area contributed by atoms with E-state index in [1.165, 1.54) is 24.3 Å². The average Bonchev–Trinajstić information content (AvgIpc) is 2.80. The van der Waals surface area contributed by atoms with Crippen molar-refractivity contribution in [2.75, 3.05) is 13.7 Å². The average molecular weight is 541 g/mol. The van der Waals surface area contributed by atoms with Crippen molar-refractivity contribution in [2.45, 2.75) is 42.5 Å². The normalized spacial score (nSPS) is 12.2. The number of carbonyl (C=O) groups is 3. The molecule has 196 valence electrons. The third-order valence-corrected chi connectivity index (χ3v) is 7.56. The molecule has 2 aromatic rings. The number of sulfonamides is 2. The zero-order valence-corrected chi connectivity index (χ0v) is 21.5. The number of amides is 4. The number of rotatable bonds is 10. The number of urea groups is 2. The van der Waals surface area contributed by atoms with Crippen LogP contribution in [-0.2, 0) is 29.6 Å². The van der Waals surface area contributed by atoms with E-state index in [1.807, 2.05) is 9.44 Å². The van der Waals surface area contributed by atoms with Gasteiger partial charge < -0.3 is 15.4 Å². The minimum Gasteiger partial charge on any atom is -0.467 e. The molecule has 0 fully saturated rings. The molecule has 2 rings (SSSR count). The van der Waals surface area contributed by atoms with Crippen molar-refractivity contribution in [3.63, 3.8) is 0 Å². The second kappa shape index (κ2) is 12.4. The Kier molecular flexibility index (Phi) is 9.81. The Morgan fingerprint density at radius 3 is 1.67 bits per heavy atom. The summed E-state index contributed by atoms with van der Waals surface area (Å²) >= 11 is 0. The Morgan fingerprint density at radius 2 is 1.22 bits per heavy atom. The molecule has 4 amide bonds. The van der Waals surface area contributed by atoms with E-state index in [9.17, 15) is 31.2 Å². The summed E-state index contributed by atoms with van der Waals surface area (Å²) < 4.78 is 57.5. The van der Waals surface area contributed by atoms with Crippen molar-refractivity contribution in [3.8, 4) is 0 Å². The highest BCUT2D eigenvalue weighted by Gasteiger charge is 2.25. The van der Waals surface area contributed by atoms with E-state index in [-0.39, 0.29) is 29.2 Å². The van der Waals surface area contributed by atoms with E-state index in [4.69, 9.17) is 0 Å². The number of aryl methyl sites for hydroxylation is 2. The summed E-state index contributed by atoms with van der Waals surface area (Å²) in [4.78, 5) is 36.0. The molecule has 0 unspecified atom stereocenters. The molecule has 0 aliphatic rings. The van der Waals surface area contributed by atoms with Crippen LogP contribution < -0.4 is 20.1 Å². The molecular formula is C22H28N4O8S2. The van der Waals surface area contributed by atoms with Gasteiger partial charge in [-0.15, -0.1) is 0 Å². The molecule has 0 saturated carbocycles. The molecule has 14 heteroatoms. The standard InChI is InChI=1S/C22H28N4O8S2/c1-15-6-10-17(11-7-15)35(30,31)25-21(28)23-14-4-5-19(20(27)34-3)24-22(29)26-36(32,33)18-12-8-16(2)9-13-18/h6-13,19H,4-5,14H2,1-3H3,(H2,23,25,28)(H2,24,26,29)/t19-/m0/s1. The summed E-state index contributed by atoms with van der Waals surface area (Å²) in [5.41, 5.74) is 1.69. The van der Waals surface area contributed by atoms with Crippen molar-refractivity contribution in [2.24, 2.45) is 0 Å². The first kappa shape index (κ1) is 28.6. The van der Waals surface area contributed by atoms with Crippen LogP contribution in [0.3, 0.4) is 0 Å². The predicted octanol–water partition coefficient (Wildman–Crippen LogP) is 1.30. The Balaban J connectivity index is 1.87. The first-order valence-corrected chi connectivity index (χ1v) is 13.7. The van der Waals surface area contributed by atoms with Gasteiger partial charge in [0.1, 0.15) is 6.04 Å². The zero-order chi connectivity index (χ0) is 26.9. The first-order valence-electron chi connectivity index (χ1n) is 10.7. The maximum atomic E-state index is 12.4. The lowest BCUT2D eigenvalue weighted by Gasteiger charge is -2.17. The van der Waals surface area contributed by atoms with Crippen LogP contribution in [0, 0.1) is 13.8 Å². The number of esters is 1. The lowest BCUT2D eigenvalue weighted by molar-refractivity contribution is -0.143. The lowest BCUT2D eigenvalue weighted by Crippen LogP contribution is -2.48. The maximum Gasteiger partial charge on any atom is 0.329 e. The molecule has 0 aliphatic carbocycles. The van der Waals surface area contributed by atoms with E-state index < -0.39 is 44.1 Å². The van der Waals surface area contributed by atoms with Gasteiger partial charge in [0.15, 0.2) is 0 Å². The van der Waals surface area contributed by atoms with Gasteiger partial charge >= 0.3 is 18.0 Å². The number of nitrogens with one attached hydrogen (secondary N) is 4. The third-order valence-electron chi connectivity index (χ3n) is 4.86. The van der Waals surface area contributed by atoms with Gasteiger partial charge in [-0.3, -0.25) is 0 Å². The molecule has 0 bridgehead atoms. The monoisotopic (exact) mass is 540 g/mol. The molecule has 0 saturated heterocycles. The van der Waals surface area contributed by atoms with Crippen molar-refractivity contribution < 1.29 is 36.0 Å². The zero-order valence-electron chi connectivity index (χ0n) is 19.9. The fraction of sp³-hybridized carbons (Fsp3) is 0.318. The van der Waals surface area contributed by atoms with Gasteiger partial charge in [-0.2, -0.15) is 0 Å². The van der Waals surface area contributed by atoms with Gasteiger partial charge in [0, 0.05) is 6.54 Å². The Morgan fingerprint density at radius 1 is 0.778 bits per heavy atom. The second-order valence-electron chi connectivity index (χ2n) is 7.78. The number of carbonyl (C=O) groups excluding carboxylic acids is 3. The van der Waals surface area contributed by atoms with E-state index >= 15 is 0 Å². The van der Waals surface area contributed by atoms with E-state index in [2.05, 4.69) is 15.4 Å². The van der Waals surface area contributed by atoms with Crippen LogP contribution in [0.15, 0.2) is 58.3 Å². The molecule has 12 nitrogen and oxygen atoms in total. The van der Waals surface area contributed by atoms with Gasteiger partial charge in [0.25, 0.3) is 20.0 Å². The van der Waals surface area contributed by atoms with Crippen LogP contribution in [0.4, 0.5) is 9.59 Å². The van der Waals surface area contributed by atoms with E-state index in [1.54, 1.807) is 38.1 Å². The summed E-state index contributed by atoms with van der Waals surface area (Å²) in [5, 5.41) is 4.57. The third kappa shape index (κ3) is 8.53. The van der Waals surface area contributed by atoms with Crippen molar-refractivity contribution >= 4 is 38.1 Å². The van der Waals surface area contributed by atoms with Gasteiger partial charge in [-0.05, 0) is 51.0 Å². The minimum absolute atomic E-state index is 0.0321. The van der Waals surface area contributed by atoms with Crippen molar-refractivity contribution in [1.82, 2.24) is 20.1 Å². The van der Waals surface area contributed by atoms with Crippen molar-refractivity contribution in [3.05, 3.63) is 59.7 Å². The summed E-state index contributed by atoms with van der Waals surface area (Å²) in [7, 11) is -7.14. The van der Waals surface area contributed by atoms with Crippen LogP contribution in [0.2, 0.25) is 0 Å². The lowest BCUT2D eigenvalue weighted by atomic mass is 10.1. The van der Waals surface area contributed by atoms with Gasteiger partial charge in [0.2, 0.25) is 0 Å². The highest BCUT2D eigenvalue weighted by molar-refractivity contribution is 7.90. The molecule has 0 radical (unpaired) electrons. The molecule has 36 heavy (non-hydrogen) atoms. The van der Waals surface area contributed by atoms with Gasteiger partial charge in [0.05, 0.1) is 16.9 Å². The SMILES string of the molecule is COC(=O)[C@H](CCCNC(=O)NS(=O)(=O)c1ccc(C)cc1)NC(=O)NS(=O)(=O)c1ccc(C)cc1. The predicted molar refractivity (Wildman–Crippen MR) is 130 cm³/mol. The van der Waals surface area contributed by atoms with E-state index in [0.29, 0.717) is 0 Å². The highest BCUT2D eigenvalue weighted by atomic mass is 32.2. The summed E-state index contributed by atoms with van der Waals surface area (Å²) in [6, 6.07) is 8.38. The Labute approximate surface area is 209 Å². The number of benzene rings is 2. The molecule has 0 aliphatic heterocycles. The number of methoxy groups -OCH3 is 1. The van der Waals surface area contributed by atoms with Gasteiger partial charge in [-0.25, -0.2) is 40.7 Å². The van der Waals surface area contributed by atoms with Crippen LogP contribution in [-0.4, -0.2) is 54.6 Å². The Bertz CT molecular complexity index is 1290. The quantitative estimate of drug-likeness (QED) is 0.257. The molecule has 0 heterocycles. The molecule has 0 spiro atoms.